The lowest BCUT2D eigenvalue weighted by molar-refractivity contribution is -0.384. The SMILES string of the molecule is O=C(Nc1cc2c([nH]c3ccccc32)c(-c2ccc([N+](=O)[O-])cc2)n1)c1ccc(CCl)cc1. The van der Waals surface area contributed by atoms with Crippen molar-refractivity contribution >= 4 is 50.8 Å². The van der Waals surface area contributed by atoms with Crippen molar-refractivity contribution in [1.29, 1.82) is 0 Å². The molecule has 8 heteroatoms. The number of anilines is 1. The highest BCUT2D eigenvalue weighted by Gasteiger charge is 2.16. The number of non-ortho nitro benzene ring substituents is 1. The number of alkyl halides is 1. The number of hydrogen-bond donors (Lipinski definition) is 2. The summed E-state index contributed by atoms with van der Waals surface area (Å²) in [6.45, 7) is 0. The smallest absolute Gasteiger partial charge is 0.269 e. The molecule has 5 aromatic rings. The van der Waals surface area contributed by atoms with E-state index in [1.165, 1.54) is 12.1 Å². The molecule has 33 heavy (non-hydrogen) atoms. The topological polar surface area (TPSA) is 101 Å². The molecule has 1 amide bonds. The van der Waals surface area contributed by atoms with Crippen molar-refractivity contribution < 1.29 is 9.72 Å². The van der Waals surface area contributed by atoms with Gasteiger partial charge in [0.15, 0.2) is 0 Å². The molecule has 0 fully saturated rings. The van der Waals surface area contributed by atoms with Gasteiger partial charge in [0.2, 0.25) is 0 Å². The molecule has 0 unspecified atom stereocenters. The van der Waals surface area contributed by atoms with Crippen molar-refractivity contribution in [2.75, 3.05) is 5.32 Å². The van der Waals surface area contributed by atoms with Crippen molar-refractivity contribution in [1.82, 2.24) is 9.97 Å². The molecule has 0 aliphatic heterocycles. The number of nitrogens with one attached hydrogen (secondary N) is 2. The fourth-order valence-electron chi connectivity index (χ4n) is 3.79. The van der Waals surface area contributed by atoms with Crippen LogP contribution in [0.1, 0.15) is 15.9 Å². The molecule has 0 spiro atoms. The minimum Gasteiger partial charge on any atom is -0.353 e. The molecule has 2 heterocycles. The first kappa shape index (κ1) is 20.7. The number of rotatable bonds is 5. The first-order valence-electron chi connectivity index (χ1n) is 10.2. The second-order valence-electron chi connectivity index (χ2n) is 7.54. The van der Waals surface area contributed by atoms with Crippen LogP contribution in [0.4, 0.5) is 11.5 Å². The maximum atomic E-state index is 12.9. The number of nitro benzene ring substituents is 1. The number of benzene rings is 3. The highest BCUT2D eigenvalue weighted by molar-refractivity contribution is 6.17. The van der Waals surface area contributed by atoms with Crippen LogP contribution in [0.3, 0.4) is 0 Å². The zero-order valence-electron chi connectivity index (χ0n) is 17.2. The molecule has 2 aromatic heterocycles. The van der Waals surface area contributed by atoms with Gasteiger partial charge in [-0.15, -0.1) is 11.6 Å². The van der Waals surface area contributed by atoms with E-state index in [4.69, 9.17) is 11.6 Å². The zero-order chi connectivity index (χ0) is 22.9. The number of fused-ring (bicyclic) bond motifs is 3. The largest absolute Gasteiger partial charge is 0.353 e. The third-order valence-corrected chi connectivity index (χ3v) is 5.77. The van der Waals surface area contributed by atoms with Crippen LogP contribution in [0.25, 0.3) is 33.1 Å². The summed E-state index contributed by atoms with van der Waals surface area (Å²) in [6, 6.07) is 22.9. The Hall–Kier alpha value is -4.23. The molecule has 162 valence electrons. The van der Waals surface area contributed by atoms with Crippen LogP contribution >= 0.6 is 11.6 Å². The number of aromatic amines is 1. The van der Waals surface area contributed by atoms with E-state index >= 15 is 0 Å². The predicted molar refractivity (Wildman–Crippen MR) is 130 cm³/mol. The molecule has 5 rings (SSSR count). The maximum Gasteiger partial charge on any atom is 0.269 e. The number of aromatic nitrogens is 2. The number of pyridine rings is 1. The first-order chi connectivity index (χ1) is 16.0. The number of para-hydroxylation sites is 1. The van der Waals surface area contributed by atoms with Crippen molar-refractivity contribution in [2.45, 2.75) is 5.88 Å². The fraction of sp³-hybridized carbons (Fsp3) is 0.0400. The van der Waals surface area contributed by atoms with Crippen LogP contribution in [0.15, 0.2) is 78.9 Å². The summed E-state index contributed by atoms with van der Waals surface area (Å²) in [6.07, 6.45) is 0. The van der Waals surface area contributed by atoms with E-state index in [0.29, 0.717) is 28.5 Å². The van der Waals surface area contributed by atoms with Gasteiger partial charge in [-0.2, -0.15) is 0 Å². The monoisotopic (exact) mass is 456 g/mol. The van der Waals surface area contributed by atoms with Crippen LogP contribution in [-0.4, -0.2) is 20.8 Å². The molecule has 7 nitrogen and oxygen atoms in total. The summed E-state index contributed by atoms with van der Waals surface area (Å²) in [5.41, 5.74) is 4.41. The Balaban J connectivity index is 1.62. The Morgan fingerprint density at radius 1 is 1.00 bits per heavy atom. The number of carbonyl (C=O) groups is 1. The van der Waals surface area contributed by atoms with Crippen molar-refractivity contribution in [3.63, 3.8) is 0 Å². The second-order valence-corrected chi connectivity index (χ2v) is 7.81. The van der Waals surface area contributed by atoms with E-state index in [1.54, 1.807) is 36.4 Å². The summed E-state index contributed by atoms with van der Waals surface area (Å²) in [5.74, 6) is 0.462. The van der Waals surface area contributed by atoms with Gasteiger partial charge in [0.1, 0.15) is 5.82 Å². The Morgan fingerprint density at radius 2 is 1.73 bits per heavy atom. The standard InChI is InChI=1S/C25H17ClN4O3/c26-14-15-5-7-17(8-6-15)25(31)29-22-13-20-19-3-1-2-4-21(19)27-24(20)23(28-22)16-9-11-18(12-10-16)30(32)33/h1-13,27H,14H2,(H,28,29,31). The van der Waals surface area contributed by atoms with Crippen molar-refractivity contribution in [2.24, 2.45) is 0 Å². The average molecular weight is 457 g/mol. The summed E-state index contributed by atoms with van der Waals surface area (Å²) < 4.78 is 0. The minimum absolute atomic E-state index is 0.00325. The molecule has 0 aliphatic rings. The van der Waals surface area contributed by atoms with Gasteiger partial charge < -0.3 is 10.3 Å². The number of halogens is 1. The lowest BCUT2D eigenvalue weighted by Crippen LogP contribution is -2.13. The van der Waals surface area contributed by atoms with Gasteiger partial charge in [-0.25, -0.2) is 4.98 Å². The van der Waals surface area contributed by atoms with Crippen molar-refractivity contribution in [3.8, 4) is 11.3 Å². The predicted octanol–water partition coefficient (Wildman–Crippen LogP) is 6.28. The molecule has 2 N–H and O–H groups in total. The van der Waals surface area contributed by atoms with E-state index in [2.05, 4.69) is 15.3 Å². The van der Waals surface area contributed by atoms with Gasteiger partial charge >= 0.3 is 0 Å². The summed E-state index contributed by atoms with van der Waals surface area (Å²) >= 11 is 5.83. The Bertz CT molecular complexity index is 1510. The molecular weight excluding hydrogens is 440 g/mol. The zero-order valence-corrected chi connectivity index (χ0v) is 18.0. The number of hydrogen-bond acceptors (Lipinski definition) is 4. The van der Waals surface area contributed by atoms with Crippen LogP contribution in [0.5, 0.6) is 0 Å². The highest BCUT2D eigenvalue weighted by atomic mass is 35.5. The number of nitrogens with zero attached hydrogens (tertiary/aromatic N) is 2. The van der Waals surface area contributed by atoms with Gasteiger partial charge in [0, 0.05) is 45.4 Å². The molecule has 0 aliphatic carbocycles. The van der Waals surface area contributed by atoms with Crippen LogP contribution in [0, 0.1) is 10.1 Å². The summed E-state index contributed by atoms with van der Waals surface area (Å²) in [4.78, 5) is 31.5. The number of carbonyl (C=O) groups excluding carboxylic acids is 1. The molecule has 3 aromatic carbocycles. The van der Waals surface area contributed by atoms with E-state index < -0.39 is 4.92 Å². The molecular formula is C25H17ClN4O3. The average Bonchev–Trinajstić information content (AvgIpc) is 3.22. The van der Waals surface area contributed by atoms with E-state index in [9.17, 15) is 14.9 Å². The maximum absolute atomic E-state index is 12.9. The number of nitro groups is 1. The summed E-state index contributed by atoms with van der Waals surface area (Å²) in [5, 5.41) is 15.8. The van der Waals surface area contributed by atoms with E-state index in [1.807, 2.05) is 30.3 Å². The van der Waals surface area contributed by atoms with Gasteiger partial charge in [-0.05, 0) is 42.0 Å². The van der Waals surface area contributed by atoms with Gasteiger partial charge in [-0.1, -0.05) is 30.3 Å². The number of H-pyrrole nitrogens is 1. The van der Waals surface area contributed by atoms with Crippen LogP contribution in [0.2, 0.25) is 0 Å². The van der Waals surface area contributed by atoms with Crippen molar-refractivity contribution in [3.05, 3.63) is 100 Å². The Morgan fingerprint density at radius 3 is 2.42 bits per heavy atom. The quantitative estimate of drug-likeness (QED) is 0.184. The third-order valence-electron chi connectivity index (χ3n) is 5.46. The molecule has 0 radical (unpaired) electrons. The van der Waals surface area contributed by atoms with E-state index in [-0.39, 0.29) is 11.6 Å². The lowest BCUT2D eigenvalue weighted by atomic mass is 10.1. The first-order valence-corrected chi connectivity index (χ1v) is 10.7. The fourth-order valence-corrected chi connectivity index (χ4v) is 3.97. The minimum atomic E-state index is -0.443. The van der Waals surface area contributed by atoms with Crippen LogP contribution in [-0.2, 0) is 5.88 Å². The van der Waals surface area contributed by atoms with Gasteiger partial charge in [0.25, 0.3) is 11.6 Å². The van der Waals surface area contributed by atoms with Crippen LogP contribution < -0.4 is 5.32 Å². The lowest BCUT2D eigenvalue weighted by Gasteiger charge is -2.09. The third kappa shape index (κ3) is 3.90. The molecule has 0 atom stereocenters. The second kappa shape index (κ2) is 8.37. The molecule has 0 saturated heterocycles. The normalized spacial score (nSPS) is 11.1. The Kier molecular flexibility index (Phi) is 5.24. The van der Waals surface area contributed by atoms with Gasteiger partial charge in [-0.3, -0.25) is 14.9 Å². The van der Waals surface area contributed by atoms with Gasteiger partial charge in [0.05, 0.1) is 16.1 Å². The molecule has 0 saturated carbocycles. The van der Waals surface area contributed by atoms with E-state index in [0.717, 1.165) is 27.4 Å². The number of amides is 1. The molecule has 0 bridgehead atoms. The highest BCUT2D eigenvalue weighted by Crippen LogP contribution is 2.34. The summed E-state index contributed by atoms with van der Waals surface area (Å²) in [7, 11) is 0. The Labute approximate surface area is 193 Å².